The van der Waals surface area contributed by atoms with Crippen molar-refractivity contribution in [2.75, 3.05) is 6.61 Å². The molecule has 0 saturated carbocycles. The first-order chi connectivity index (χ1) is 5.70. The third kappa shape index (κ3) is 2.91. The predicted molar refractivity (Wildman–Crippen MR) is 44.9 cm³/mol. The molecular weight excluding hydrogens is 156 g/mol. The van der Waals surface area contributed by atoms with Gasteiger partial charge in [-0.25, -0.2) is 0 Å². The summed E-state index contributed by atoms with van der Waals surface area (Å²) in [5.74, 6) is 0.163. The van der Waals surface area contributed by atoms with E-state index in [1.807, 2.05) is 0 Å². The maximum absolute atomic E-state index is 10.7. The first kappa shape index (κ1) is 9.68. The molecule has 1 aliphatic rings. The Morgan fingerprint density at radius 2 is 2.42 bits per heavy atom. The van der Waals surface area contributed by atoms with Gasteiger partial charge in [0, 0.05) is 13.0 Å². The Balaban J connectivity index is 2.24. The van der Waals surface area contributed by atoms with Crippen LogP contribution in [0.3, 0.4) is 0 Å². The number of carbonyl (C=O) groups is 1. The van der Waals surface area contributed by atoms with Crippen LogP contribution in [0.4, 0.5) is 0 Å². The van der Waals surface area contributed by atoms with Crippen LogP contribution < -0.4 is 0 Å². The third-order valence-electron chi connectivity index (χ3n) is 2.19. The fourth-order valence-corrected chi connectivity index (χ4v) is 1.45. The molecule has 1 aliphatic heterocycles. The highest BCUT2D eigenvalue weighted by Gasteiger charge is 2.23. The topological polar surface area (TPSA) is 46.5 Å². The minimum absolute atomic E-state index is 0.109. The van der Waals surface area contributed by atoms with E-state index in [0.29, 0.717) is 12.8 Å². The van der Waals surface area contributed by atoms with E-state index in [1.54, 1.807) is 6.92 Å². The molecule has 12 heavy (non-hydrogen) atoms. The second kappa shape index (κ2) is 4.58. The van der Waals surface area contributed by atoms with Gasteiger partial charge in [-0.05, 0) is 26.2 Å². The number of hydrogen-bond donors (Lipinski definition) is 1. The first-order valence-electron chi connectivity index (χ1n) is 4.49. The molecule has 2 atom stereocenters. The van der Waals surface area contributed by atoms with E-state index in [-0.39, 0.29) is 18.0 Å². The van der Waals surface area contributed by atoms with Crippen molar-refractivity contribution in [3.63, 3.8) is 0 Å². The summed E-state index contributed by atoms with van der Waals surface area (Å²) >= 11 is 0. The van der Waals surface area contributed by atoms with Crippen molar-refractivity contribution in [1.29, 1.82) is 0 Å². The average Bonchev–Trinajstić information content (AvgIpc) is 2.03. The number of carbonyl (C=O) groups excluding carboxylic acids is 1. The number of Topliss-reactive ketones (excluding diaryl/α,β-unsaturated/α-hetero) is 1. The van der Waals surface area contributed by atoms with Crippen LogP contribution >= 0.6 is 0 Å². The molecule has 1 fully saturated rings. The molecule has 70 valence electrons. The normalized spacial score (nSPS) is 30.2. The van der Waals surface area contributed by atoms with Crippen molar-refractivity contribution in [1.82, 2.24) is 0 Å². The molecule has 0 aromatic carbocycles. The van der Waals surface area contributed by atoms with Gasteiger partial charge in [-0.2, -0.15) is 0 Å². The Morgan fingerprint density at radius 3 is 3.00 bits per heavy atom. The molecule has 0 spiro atoms. The monoisotopic (exact) mass is 172 g/mol. The molecule has 0 aromatic heterocycles. The van der Waals surface area contributed by atoms with E-state index < -0.39 is 0 Å². The van der Waals surface area contributed by atoms with Crippen LogP contribution in [0.25, 0.3) is 0 Å². The molecule has 0 aliphatic carbocycles. The fraction of sp³-hybridized carbons (Fsp3) is 0.889. The van der Waals surface area contributed by atoms with Crippen molar-refractivity contribution in [2.45, 2.75) is 44.8 Å². The fourth-order valence-electron chi connectivity index (χ4n) is 1.45. The molecule has 3 nitrogen and oxygen atoms in total. The van der Waals surface area contributed by atoms with E-state index in [9.17, 15) is 9.90 Å². The standard InChI is InChI=1S/C9H16O3/c1-7(10)4-5-9-8(11)3-2-6-12-9/h8-9,11H,2-6H2,1H3/t8-,9+/m0/s1. The zero-order chi connectivity index (χ0) is 8.97. The van der Waals surface area contributed by atoms with Crippen LogP contribution in [0, 0.1) is 0 Å². The number of ether oxygens (including phenoxy) is 1. The third-order valence-corrected chi connectivity index (χ3v) is 2.19. The van der Waals surface area contributed by atoms with Gasteiger partial charge in [0.25, 0.3) is 0 Å². The van der Waals surface area contributed by atoms with E-state index in [2.05, 4.69) is 0 Å². The van der Waals surface area contributed by atoms with Crippen molar-refractivity contribution in [2.24, 2.45) is 0 Å². The van der Waals surface area contributed by atoms with Crippen molar-refractivity contribution >= 4 is 5.78 Å². The molecule has 1 N–H and O–H groups in total. The second-order valence-corrected chi connectivity index (χ2v) is 3.36. The Hall–Kier alpha value is -0.410. The molecule has 1 saturated heterocycles. The lowest BCUT2D eigenvalue weighted by molar-refractivity contribution is -0.119. The Morgan fingerprint density at radius 1 is 1.67 bits per heavy atom. The van der Waals surface area contributed by atoms with E-state index in [0.717, 1.165) is 19.4 Å². The van der Waals surface area contributed by atoms with Gasteiger partial charge in [-0.15, -0.1) is 0 Å². The van der Waals surface area contributed by atoms with Crippen LogP contribution in [0.2, 0.25) is 0 Å². The molecule has 3 heteroatoms. The summed E-state index contributed by atoms with van der Waals surface area (Å²) < 4.78 is 5.34. The first-order valence-corrected chi connectivity index (χ1v) is 4.49. The Kier molecular flexibility index (Phi) is 3.69. The summed E-state index contributed by atoms with van der Waals surface area (Å²) in [6.45, 7) is 2.29. The number of aliphatic hydroxyl groups excluding tert-OH is 1. The van der Waals surface area contributed by atoms with Crippen molar-refractivity contribution in [3.05, 3.63) is 0 Å². The summed E-state index contributed by atoms with van der Waals surface area (Å²) in [5.41, 5.74) is 0. The minimum Gasteiger partial charge on any atom is -0.390 e. The maximum atomic E-state index is 10.7. The Bertz CT molecular complexity index is 156. The minimum atomic E-state index is -0.363. The van der Waals surface area contributed by atoms with Crippen LogP contribution in [-0.4, -0.2) is 29.7 Å². The van der Waals surface area contributed by atoms with Gasteiger partial charge in [0.2, 0.25) is 0 Å². The summed E-state index contributed by atoms with van der Waals surface area (Å²) in [7, 11) is 0. The van der Waals surface area contributed by atoms with Crippen LogP contribution in [0.1, 0.15) is 32.6 Å². The highest BCUT2D eigenvalue weighted by molar-refractivity contribution is 5.75. The lowest BCUT2D eigenvalue weighted by Crippen LogP contribution is -2.34. The summed E-state index contributed by atoms with van der Waals surface area (Å²) in [4.78, 5) is 10.7. The van der Waals surface area contributed by atoms with E-state index >= 15 is 0 Å². The molecular formula is C9H16O3. The van der Waals surface area contributed by atoms with Crippen LogP contribution in [0.5, 0.6) is 0 Å². The van der Waals surface area contributed by atoms with Crippen LogP contribution in [-0.2, 0) is 9.53 Å². The molecule has 0 aromatic rings. The molecule has 1 heterocycles. The zero-order valence-electron chi connectivity index (χ0n) is 7.45. The highest BCUT2D eigenvalue weighted by Crippen LogP contribution is 2.17. The van der Waals surface area contributed by atoms with Gasteiger partial charge in [0.15, 0.2) is 0 Å². The van der Waals surface area contributed by atoms with E-state index in [1.165, 1.54) is 0 Å². The quantitative estimate of drug-likeness (QED) is 0.687. The van der Waals surface area contributed by atoms with Gasteiger partial charge >= 0.3 is 0 Å². The summed E-state index contributed by atoms with van der Waals surface area (Å²) in [6, 6.07) is 0. The number of hydrogen-bond acceptors (Lipinski definition) is 3. The van der Waals surface area contributed by atoms with Gasteiger partial charge in [0.1, 0.15) is 5.78 Å². The number of ketones is 1. The summed E-state index contributed by atoms with van der Waals surface area (Å²) in [5, 5.41) is 9.45. The lowest BCUT2D eigenvalue weighted by atomic mass is 10.0. The lowest BCUT2D eigenvalue weighted by Gasteiger charge is -2.27. The Labute approximate surface area is 72.7 Å². The average molecular weight is 172 g/mol. The highest BCUT2D eigenvalue weighted by atomic mass is 16.5. The molecule has 0 amide bonds. The van der Waals surface area contributed by atoms with Crippen LogP contribution in [0.15, 0.2) is 0 Å². The molecule has 0 unspecified atom stereocenters. The zero-order valence-corrected chi connectivity index (χ0v) is 7.45. The maximum Gasteiger partial charge on any atom is 0.129 e. The van der Waals surface area contributed by atoms with Gasteiger partial charge in [-0.3, -0.25) is 0 Å². The number of aliphatic hydroxyl groups is 1. The SMILES string of the molecule is CC(=O)CC[C@H]1OCCC[C@@H]1O. The van der Waals surface area contributed by atoms with Crippen molar-refractivity contribution < 1.29 is 14.6 Å². The van der Waals surface area contributed by atoms with Gasteiger partial charge in [0.05, 0.1) is 12.2 Å². The smallest absolute Gasteiger partial charge is 0.129 e. The van der Waals surface area contributed by atoms with Gasteiger partial charge in [-0.1, -0.05) is 0 Å². The molecule has 0 radical (unpaired) electrons. The predicted octanol–water partition coefficient (Wildman–Crippen LogP) is 0.895. The molecule has 1 rings (SSSR count). The number of rotatable bonds is 3. The van der Waals surface area contributed by atoms with Gasteiger partial charge < -0.3 is 14.6 Å². The van der Waals surface area contributed by atoms with Crippen molar-refractivity contribution in [3.8, 4) is 0 Å². The summed E-state index contributed by atoms with van der Waals surface area (Å²) in [6.07, 6.45) is 2.44. The largest absolute Gasteiger partial charge is 0.390 e. The second-order valence-electron chi connectivity index (χ2n) is 3.36. The molecule has 0 bridgehead atoms. The van der Waals surface area contributed by atoms with E-state index in [4.69, 9.17) is 4.74 Å².